The minimum Gasteiger partial charge on any atom is -0.481 e. The van der Waals surface area contributed by atoms with E-state index in [1.807, 2.05) is 41.0 Å². The first-order chi connectivity index (χ1) is 20.2. The first-order valence-electron chi connectivity index (χ1n) is 14.8. The number of halogens is 1. The lowest BCUT2D eigenvalue weighted by molar-refractivity contribution is -0.139. The van der Waals surface area contributed by atoms with Crippen LogP contribution in [0.25, 0.3) is 16.9 Å². The summed E-state index contributed by atoms with van der Waals surface area (Å²) < 4.78 is 17.3. The van der Waals surface area contributed by atoms with Crippen LogP contribution in [0.3, 0.4) is 0 Å². The van der Waals surface area contributed by atoms with E-state index in [0.29, 0.717) is 48.2 Å². The van der Waals surface area contributed by atoms with Crippen LogP contribution >= 0.6 is 0 Å². The summed E-state index contributed by atoms with van der Waals surface area (Å²) in [5.74, 6) is -1.00. The van der Waals surface area contributed by atoms with Crippen LogP contribution in [-0.4, -0.2) is 56.1 Å². The van der Waals surface area contributed by atoms with Gasteiger partial charge in [0.25, 0.3) is 5.91 Å². The predicted octanol–water partition coefficient (Wildman–Crippen LogP) is 5.86. The maximum absolute atomic E-state index is 15.6. The minimum absolute atomic E-state index is 0.0458. The van der Waals surface area contributed by atoms with Gasteiger partial charge in [0.1, 0.15) is 11.5 Å². The number of hydrogen-bond donors (Lipinski definition) is 1. The molecule has 2 aromatic carbocycles. The van der Waals surface area contributed by atoms with Gasteiger partial charge in [0.05, 0.1) is 18.2 Å². The second kappa shape index (κ2) is 9.93. The van der Waals surface area contributed by atoms with Crippen LogP contribution in [0.1, 0.15) is 78.8 Å². The van der Waals surface area contributed by atoms with E-state index >= 15 is 4.39 Å². The van der Waals surface area contributed by atoms with Gasteiger partial charge in [-0.15, -0.1) is 0 Å². The van der Waals surface area contributed by atoms with Gasteiger partial charge in [-0.1, -0.05) is 31.2 Å². The zero-order valence-corrected chi connectivity index (χ0v) is 23.9. The normalized spacial score (nSPS) is 22.0. The van der Waals surface area contributed by atoms with Gasteiger partial charge in [-0.25, -0.2) is 13.9 Å². The molecule has 7 rings (SSSR count). The van der Waals surface area contributed by atoms with Crippen LogP contribution < -0.4 is 4.90 Å². The van der Waals surface area contributed by atoms with Gasteiger partial charge in [0.15, 0.2) is 5.65 Å². The number of carboxylic acids is 1. The predicted molar refractivity (Wildman–Crippen MR) is 157 cm³/mol. The number of fused-ring (bicyclic) bond motifs is 2. The van der Waals surface area contributed by atoms with Crippen LogP contribution in [0.4, 0.5) is 10.1 Å². The quantitative estimate of drug-likeness (QED) is 0.314. The van der Waals surface area contributed by atoms with Gasteiger partial charge in [0.2, 0.25) is 0 Å². The van der Waals surface area contributed by atoms with E-state index in [-0.39, 0.29) is 23.8 Å². The molecule has 2 atom stereocenters. The van der Waals surface area contributed by atoms with Crippen molar-refractivity contribution in [3.63, 3.8) is 0 Å². The van der Waals surface area contributed by atoms with Gasteiger partial charge < -0.3 is 14.9 Å². The number of anilines is 1. The van der Waals surface area contributed by atoms with E-state index in [2.05, 4.69) is 19.1 Å². The molecule has 1 saturated carbocycles. The average Bonchev–Trinajstić information content (AvgIpc) is 3.61. The molecule has 2 fully saturated rings. The van der Waals surface area contributed by atoms with Crippen LogP contribution in [0, 0.1) is 11.2 Å². The van der Waals surface area contributed by atoms with Crippen molar-refractivity contribution < 1.29 is 19.1 Å². The molecule has 216 valence electrons. The fourth-order valence-electron chi connectivity index (χ4n) is 6.77. The van der Waals surface area contributed by atoms with Crippen LogP contribution in [0.2, 0.25) is 0 Å². The highest BCUT2D eigenvalue weighted by atomic mass is 19.1. The molecular weight excluding hydrogens is 533 g/mol. The highest BCUT2D eigenvalue weighted by molar-refractivity contribution is 5.93. The smallest absolute Gasteiger partial charge is 0.303 e. The molecule has 42 heavy (non-hydrogen) atoms. The molecule has 9 heteroatoms. The van der Waals surface area contributed by atoms with Gasteiger partial charge in [-0.05, 0) is 73.4 Å². The number of nitrogens with zero attached hydrogens (tertiary/aromatic N) is 5. The molecule has 0 radical (unpaired) electrons. The number of rotatable bonds is 6. The van der Waals surface area contributed by atoms with E-state index < -0.39 is 11.8 Å². The van der Waals surface area contributed by atoms with Crippen molar-refractivity contribution in [3.8, 4) is 11.3 Å². The van der Waals surface area contributed by atoms with Crippen molar-refractivity contribution in [2.75, 3.05) is 24.5 Å². The van der Waals surface area contributed by atoms with Crippen LogP contribution in [0.5, 0.6) is 0 Å². The Balaban J connectivity index is 1.19. The molecule has 0 spiro atoms. The maximum Gasteiger partial charge on any atom is 0.303 e. The fraction of sp³-hybridized carbons (Fsp3) is 0.394. The molecule has 4 aromatic rings. The van der Waals surface area contributed by atoms with Gasteiger partial charge in [0, 0.05) is 48.6 Å². The molecule has 3 aliphatic rings. The van der Waals surface area contributed by atoms with E-state index in [1.165, 1.54) is 17.2 Å². The zero-order chi connectivity index (χ0) is 29.2. The van der Waals surface area contributed by atoms with Crippen molar-refractivity contribution in [3.05, 3.63) is 82.9 Å². The van der Waals surface area contributed by atoms with Crippen molar-refractivity contribution in [1.82, 2.24) is 19.5 Å². The van der Waals surface area contributed by atoms with E-state index in [0.717, 1.165) is 37.1 Å². The summed E-state index contributed by atoms with van der Waals surface area (Å²) in [4.78, 5) is 33.8. The number of carboxylic acid groups (broad SMARTS) is 1. The number of hydrogen-bond acceptors (Lipinski definition) is 5. The molecule has 2 aromatic heterocycles. The van der Waals surface area contributed by atoms with Crippen molar-refractivity contribution in [2.45, 2.75) is 57.9 Å². The Morgan fingerprint density at radius 3 is 2.67 bits per heavy atom. The first kappa shape index (κ1) is 26.6. The Bertz CT molecular complexity index is 1730. The molecule has 1 amide bonds. The second-order valence-corrected chi connectivity index (χ2v) is 12.5. The summed E-state index contributed by atoms with van der Waals surface area (Å²) in [6.07, 6.45) is 3.70. The summed E-state index contributed by atoms with van der Waals surface area (Å²) in [6.45, 7) is 5.92. The molecule has 1 unspecified atom stereocenters. The Morgan fingerprint density at radius 2 is 1.90 bits per heavy atom. The number of aromatic nitrogens is 3. The number of carbonyl (C=O) groups excluding carboxylic acids is 1. The van der Waals surface area contributed by atoms with Crippen molar-refractivity contribution in [1.29, 1.82) is 0 Å². The Hall–Kier alpha value is -4.27. The second-order valence-electron chi connectivity index (χ2n) is 12.5. The zero-order valence-electron chi connectivity index (χ0n) is 23.9. The number of carbonyl (C=O) groups is 2. The molecule has 1 N–H and O–H groups in total. The van der Waals surface area contributed by atoms with Crippen LogP contribution in [0.15, 0.2) is 54.6 Å². The molecule has 1 aliphatic carbocycles. The highest BCUT2D eigenvalue weighted by Crippen LogP contribution is 2.41. The van der Waals surface area contributed by atoms with Gasteiger partial charge in [-0.3, -0.25) is 9.59 Å². The summed E-state index contributed by atoms with van der Waals surface area (Å²) in [5, 5.41) is 14.0. The topological polar surface area (TPSA) is 91.0 Å². The number of aliphatic carboxylic acids is 1. The molecule has 1 saturated heterocycles. The highest BCUT2D eigenvalue weighted by Gasteiger charge is 2.36. The SMILES string of the molecule is C[C@@H]1c2ccccc2CCN1C(=O)c1cc(C2CC2)n2nc(-c3ccc(N4CCC(C)(CC(=O)O)C4)cc3F)cc2n1. The van der Waals surface area contributed by atoms with Crippen molar-refractivity contribution in [2.24, 2.45) is 5.41 Å². The summed E-state index contributed by atoms with van der Waals surface area (Å²) in [6, 6.07) is 17.0. The standard InChI is InChI=1S/C33H34FN5O3/c1-20-24-6-4-3-5-21(24)11-13-38(20)32(42)28-16-29(22-7-8-22)39-30(35-28)17-27(36-39)25-10-9-23(15-26(25)34)37-14-12-33(2,19-37)18-31(40)41/h3-6,9-10,15-17,20,22H,7-8,11-14,18-19H2,1-2H3,(H,40,41)/t20-,33?/m1/s1. The third kappa shape index (κ3) is 4.70. The third-order valence-corrected chi connectivity index (χ3v) is 9.25. The molecule has 8 nitrogen and oxygen atoms in total. The lowest BCUT2D eigenvalue weighted by atomic mass is 9.86. The van der Waals surface area contributed by atoms with Crippen molar-refractivity contribution >= 4 is 23.2 Å². The number of benzene rings is 2. The largest absolute Gasteiger partial charge is 0.481 e. The molecule has 4 heterocycles. The van der Waals surface area contributed by atoms with Gasteiger partial charge in [-0.2, -0.15) is 5.10 Å². The summed E-state index contributed by atoms with van der Waals surface area (Å²) >= 11 is 0. The van der Waals surface area contributed by atoms with E-state index in [9.17, 15) is 14.7 Å². The fourth-order valence-corrected chi connectivity index (χ4v) is 6.77. The Kier molecular flexibility index (Phi) is 6.29. The summed E-state index contributed by atoms with van der Waals surface area (Å²) in [7, 11) is 0. The first-order valence-corrected chi connectivity index (χ1v) is 14.8. The van der Waals surface area contributed by atoms with Crippen LogP contribution in [-0.2, 0) is 11.2 Å². The van der Waals surface area contributed by atoms with E-state index in [4.69, 9.17) is 10.1 Å². The lowest BCUT2D eigenvalue weighted by Gasteiger charge is -2.35. The Morgan fingerprint density at radius 1 is 1.10 bits per heavy atom. The van der Waals surface area contributed by atoms with E-state index in [1.54, 1.807) is 16.6 Å². The molecular formula is C33H34FN5O3. The summed E-state index contributed by atoms with van der Waals surface area (Å²) in [5.41, 5.74) is 5.56. The minimum atomic E-state index is -0.812. The monoisotopic (exact) mass is 567 g/mol. The molecule has 2 aliphatic heterocycles. The Labute approximate surface area is 243 Å². The molecule has 0 bridgehead atoms. The average molecular weight is 568 g/mol. The lowest BCUT2D eigenvalue weighted by Crippen LogP contribution is -2.39. The third-order valence-electron chi connectivity index (χ3n) is 9.25. The van der Waals surface area contributed by atoms with Gasteiger partial charge >= 0.3 is 5.97 Å². The maximum atomic E-state index is 15.6. The number of amides is 1.